The number of halogens is 2. The van der Waals surface area contributed by atoms with Gasteiger partial charge in [0.15, 0.2) is 11.4 Å². The second-order valence-electron chi connectivity index (χ2n) is 9.12. The van der Waals surface area contributed by atoms with Crippen molar-refractivity contribution >= 4 is 27.7 Å². The van der Waals surface area contributed by atoms with Gasteiger partial charge in [-0.3, -0.25) is 9.59 Å². The van der Waals surface area contributed by atoms with Crippen LogP contribution in [0.15, 0.2) is 71.5 Å². The van der Waals surface area contributed by atoms with Gasteiger partial charge in [-0.1, -0.05) is 62.4 Å². The highest BCUT2D eigenvalue weighted by atomic mass is 79.9. The molecule has 0 fully saturated rings. The van der Waals surface area contributed by atoms with Gasteiger partial charge < -0.3 is 19.1 Å². The number of carbonyl (C=O) groups is 2. The molecule has 0 spiro atoms. The second kappa shape index (κ2) is 11.1. The predicted molar refractivity (Wildman–Crippen MR) is 140 cm³/mol. The molecule has 2 heterocycles. The summed E-state index contributed by atoms with van der Waals surface area (Å²) in [5.41, 5.74) is 2.39. The SMILES string of the molecule is CC(C)/C=C\N(C)C(=O)c1c(OCc2ccccc2)c2n(c1Br)CCN(Cc1ccc(F)cc1)C2=O. The van der Waals surface area contributed by atoms with E-state index in [4.69, 9.17) is 4.74 Å². The second-order valence-corrected chi connectivity index (χ2v) is 9.88. The molecule has 0 atom stereocenters. The number of ether oxygens (including phenoxy) is 1. The minimum atomic E-state index is -0.322. The predicted octanol–water partition coefficient (Wildman–Crippen LogP) is 5.87. The molecule has 2 amide bonds. The van der Waals surface area contributed by atoms with Crippen LogP contribution >= 0.6 is 15.9 Å². The highest BCUT2D eigenvalue weighted by Crippen LogP contribution is 2.38. The van der Waals surface area contributed by atoms with Crippen molar-refractivity contribution in [1.29, 1.82) is 0 Å². The minimum Gasteiger partial charge on any atom is -0.486 e. The van der Waals surface area contributed by atoms with Crippen LogP contribution in [0, 0.1) is 11.7 Å². The normalized spacial score (nSPS) is 13.4. The van der Waals surface area contributed by atoms with Crippen LogP contribution in [0.4, 0.5) is 4.39 Å². The number of allylic oxidation sites excluding steroid dienone is 1. The van der Waals surface area contributed by atoms with E-state index < -0.39 is 0 Å². The Bertz CT molecular complexity index is 1270. The first-order valence-electron chi connectivity index (χ1n) is 11.8. The van der Waals surface area contributed by atoms with Crippen molar-refractivity contribution in [2.24, 2.45) is 5.92 Å². The number of amides is 2. The van der Waals surface area contributed by atoms with Gasteiger partial charge >= 0.3 is 0 Å². The molecule has 0 saturated heterocycles. The van der Waals surface area contributed by atoms with Gasteiger partial charge in [-0.25, -0.2) is 4.39 Å². The van der Waals surface area contributed by atoms with Crippen LogP contribution in [0.2, 0.25) is 0 Å². The molecule has 1 aliphatic rings. The van der Waals surface area contributed by atoms with Crippen LogP contribution in [0.1, 0.15) is 45.8 Å². The summed E-state index contributed by atoms with van der Waals surface area (Å²) in [6.07, 6.45) is 3.67. The molecule has 6 nitrogen and oxygen atoms in total. The summed E-state index contributed by atoms with van der Waals surface area (Å²) in [6.45, 7) is 5.55. The molecule has 0 radical (unpaired) electrons. The van der Waals surface area contributed by atoms with Gasteiger partial charge in [-0.05, 0) is 45.1 Å². The number of rotatable bonds is 8. The van der Waals surface area contributed by atoms with Gasteiger partial charge in [0, 0.05) is 32.9 Å². The van der Waals surface area contributed by atoms with Crippen molar-refractivity contribution < 1.29 is 18.7 Å². The van der Waals surface area contributed by atoms with Crippen molar-refractivity contribution in [3.63, 3.8) is 0 Å². The fraction of sp³-hybridized carbons (Fsp3) is 0.286. The Labute approximate surface area is 219 Å². The zero-order chi connectivity index (χ0) is 25.8. The highest BCUT2D eigenvalue weighted by Gasteiger charge is 2.37. The molecule has 188 valence electrons. The van der Waals surface area contributed by atoms with E-state index in [0.29, 0.717) is 35.5 Å². The zero-order valence-corrected chi connectivity index (χ0v) is 22.2. The molecule has 1 aromatic heterocycles. The Morgan fingerprint density at radius 3 is 2.47 bits per heavy atom. The van der Waals surface area contributed by atoms with Gasteiger partial charge in [0.1, 0.15) is 22.6 Å². The molecule has 0 saturated carbocycles. The summed E-state index contributed by atoms with van der Waals surface area (Å²) in [6, 6.07) is 15.7. The van der Waals surface area contributed by atoms with Crippen LogP contribution in [0.25, 0.3) is 0 Å². The Morgan fingerprint density at radius 1 is 1.11 bits per heavy atom. The van der Waals surface area contributed by atoms with Crippen molar-refractivity contribution in [2.75, 3.05) is 13.6 Å². The maximum absolute atomic E-state index is 13.7. The Kier molecular flexibility index (Phi) is 7.94. The quantitative estimate of drug-likeness (QED) is 0.350. The lowest BCUT2D eigenvalue weighted by Gasteiger charge is -2.29. The smallest absolute Gasteiger partial charge is 0.274 e. The molecular weight excluding hydrogens is 525 g/mol. The van der Waals surface area contributed by atoms with Gasteiger partial charge in [0.2, 0.25) is 0 Å². The zero-order valence-electron chi connectivity index (χ0n) is 20.6. The standard InChI is InChI=1S/C28H29BrFN3O3/c1-19(2)13-14-31(3)27(34)23-25(36-18-21-7-5-4-6-8-21)24-28(35)32(15-16-33(24)26(23)29)17-20-9-11-22(30)12-10-20/h4-14,19H,15-18H2,1-3H3/b14-13-. The molecule has 8 heteroatoms. The average molecular weight is 554 g/mol. The van der Waals surface area contributed by atoms with Crippen molar-refractivity contribution in [3.8, 4) is 5.75 Å². The Morgan fingerprint density at radius 2 is 1.81 bits per heavy atom. The fourth-order valence-corrected chi connectivity index (χ4v) is 4.73. The van der Waals surface area contributed by atoms with Gasteiger partial charge in [-0.2, -0.15) is 0 Å². The molecule has 2 aromatic carbocycles. The first-order valence-corrected chi connectivity index (χ1v) is 12.6. The molecule has 0 aliphatic carbocycles. The molecular formula is C28H29BrFN3O3. The molecule has 4 rings (SSSR count). The number of hydrogen-bond acceptors (Lipinski definition) is 3. The van der Waals surface area contributed by atoms with E-state index in [1.807, 2.05) is 50.3 Å². The number of hydrogen-bond donors (Lipinski definition) is 0. The Hall–Kier alpha value is -3.39. The maximum atomic E-state index is 13.7. The molecule has 0 N–H and O–H groups in total. The van der Waals surface area contributed by atoms with Gasteiger partial charge in [0.05, 0.1) is 0 Å². The molecule has 36 heavy (non-hydrogen) atoms. The summed E-state index contributed by atoms with van der Waals surface area (Å²) in [5.74, 6) is -0.303. The Balaban J connectivity index is 1.71. The van der Waals surface area contributed by atoms with Crippen LogP contribution in [-0.4, -0.2) is 39.8 Å². The number of fused-ring (bicyclic) bond motifs is 1. The third-order valence-electron chi connectivity index (χ3n) is 5.98. The van der Waals surface area contributed by atoms with E-state index >= 15 is 0 Å². The van der Waals surface area contributed by atoms with Crippen LogP contribution in [0.3, 0.4) is 0 Å². The van der Waals surface area contributed by atoms with E-state index in [1.54, 1.807) is 34.8 Å². The number of benzene rings is 2. The molecule has 3 aromatic rings. The summed E-state index contributed by atoms with van der Waals surface area (Å²) in [7, 11) is 1.69. The van der Waals surface area contributed by atoms with Crippen LogP contribution in [-0.2, 0) is 19.7 Å². The van der Waals surface area contributed by atoms with E-state index in [9.17, 15) is 14.0 Å². The molecule has 1 aliphatic heterocycles. The third-order valence-corrected chi connectivity index (χ3v) is 6.80. The largest absolute Gasteiger partial charge is 0.486 e. The topological polar surface area (TPSA) is 54.8 Å². The van der Waals surface area contributed by atoms with Crippen molar-refractivity contribution in [3.05, 3.63) is 99.7 Å². The lowest BCUT2D eigenvalue weighted by atomic mass is 10.1. The molecule has 0 unspecified atom stereocenters. The highest BCUT2D eigenvalue weighted by molar-refractivity contribution is 9.10. The van der Waals surface area contributed by atoms with Gasteiger partial charge in [-0.15, -0.1) is 0 Å². The number of aromatic nitrogens is 1. The summed E-state index contributed by atoms with van der Waals surface area (Å²) >= 11 is 3.58. The number of carbonyl (C=O) groups excluding carboxylic acids is 2. The summed E-state index contributed by atoms with van der Waals surface area (Å²) < 4.78 is 21.9. The number of nitrogens with zero attached hydrogens (tertiary/aromatic N) is 3. The van der Waals surface area contributed by atoms with E-state index in [2.05, 4.69) is 15.9 Å². The first kappa shape index (κ1) is 25.7. The van der Waals surface area contributed by atoms with Crippen LogP contribution in [0.5, 0.6) is 5.75 Å². The van der Waals surface area contributed by atoms with Crippen LogP contribution < -0.4 is 4.74 Å². The average Bonchev–Trinajstić information content (AvgIpc) is 3.16. The summed E-state index contributed by atoms with van der Waals surface area (Å²) in [4.78, 5) is 30.4. The lowest BCUT2D eigenvalue weighted by molar-refractivity contribution is 0.0683. The minimum absolute atomic E-state index is 0.210. The van der Waals surface area contributed by atoms with E-state index in [0.717, 1.165) is 11.1 Å². The monoisotopic (exact) mass is 553 g/mol. The first-order chi connectivity index (χ1) is 17.3. The van der Waals surface area contributed by atoms with Crippen molar-refractivity contribution in [2.45, 2.75) is 33.5 Å². The van der Waals surface area contributed by atoms with Crippen molar-refractivity contribution in [1.82, 2.24) is 14.4 Å². The van der Waals surface area contributed by atoms with E-state index in [1.165, 1.54) is 17.0 Å². The van der Waals surface area contributed by atoms with Gasteiger partial charge in [0.25, 0.3) is 11.8 Å². The third kappa shape index (κ3) is 5.54. The molecule has 0 bridgehead atoms. The maximum Gasteiger partial charge on any atom is 0.274 e. The van der Waals surface area contributed by atoms with E-state index in [-0.39, 0.29) is 35.9 Å². The summed E-state index contributed by atoms with van der Waals surface area (Å²) in [5, 5.41) is 0. The lowest BCUT2D eigenvalue weighted by Crippen LogP contribution is -2.39. The fourth-order valence-electron chi connectivity index (χ4n) is 4.02.